The molecule has 106 valence electrons. The Morgan fingerprint density at radius 2 is 1.60 bits per heavy atom. The van der Waals surface area contributed by atoms with Crippen LogP contribution in [-0.4, -0.2) is 0 Å². The molecule has 2 heteroatoms. The summed E-state index contributed by atoms with van der Waals surface area (Å²) in [6.07, 6.45) is 0.653. The molecule has 0 aliphatic rings. The minimum Gasteiger partial charge on any atom is -0.207 e. The van der Waals surface area contributed by atoms with Gasteiger partial charge in [-0.3, -0.25) is 0 Å². The topological polar surface area (TPSA) is 0 Å². The normalized spacial score (nSPS) is 13.2. The SMILES string of the molecule is CC(C)(C)c1ccccc1C(Br)Cc1ccccc1F. The molecule has 0 fully saturated rings. The Balaban J connectivity index is 2.31. The van der Waals surface area contributed by atoms with Gasteiger partial charge in [-0.05, 0) is 34.6 Å². The highest BCUT2D eigenvalue weighted by Crippen LogP contribution is 2.35. The number of hydrogen-bond acceptors (Lipinski definition) is 0. The van der Waals surface area contributed by atoms with Crippen molar-refractivity contribution in [2.45, 2.75) is 37.4 Å². The molecular formula is C18H20BrF. The molecule has 0 aliphatic carbocycles. The van der Waals surface area contributed by atoms with Gasteiger partial charge in [0.05, 0.1) is 0 Å². The molecule has 0 N–H and O–H groups in total. The number of halogens is 2. The second-order valence-electron chi connectivity index (χ2n) is 6.10. The summed E-state index contributed by atoms with van der Waals surface area (Å²) in [5.74, 6) is -0.134. The van der Waals surface area contributed by atoms with E-state index in [1.165, 1.54) is 17.2 Å². The molecule has 0 radical (unpaired) electrons. The maximum Gasteiger partial charge on any atom is 0.126 e. The Morgan fingerprint density at radius 3 is 2.25 bits per heavy atom. The summed E-state index contributed by atoms with van der Waals surface area (Å²) in [4.78, 5) is 0.120. The average Bonchev–Trinajstić information content (AvgIpc) is 2.40. The van der Waals surface area contributed by atoms with Crippen molar-refractivity contribution in [1.29, 1.82) is 0 Å². The average molecular weight is 335 g/mol. The van der Waals surface area contributed by atoms with Crippen molar-refractivity contribution in [1.82, 2.24) is 0 Å². The first-order valence-corrected chi connectivity index (χ1v) is 7.78. The van der Waals surface area contributed by atoms with Crippen LogP contribution in [0.5, 0.6) is 0 Å². The van der Waals surface area contributed by atoms with Gasteiger partial charge in [-0.2, -0.15) is 0 Å². The number of rotatable bonds is 3. The molecule has 1 atom stereocenters. The summed E-state index contributed by atoms with van der Waals surface area (Å²) in [6.45, 7) is 6.61. The first-order chi connectivity index (χ1) is 9.39. The molecule has 1 unspecified atom stereocenters. The minimum atomic E-state index is -0.134. The van der Waals surface area contributed by atoms with E-state index >= 15 is 0 Å². The standard InChI is InChI=1S/C18H20BrF/c1-18(2,3)15-10-6-5-9-14(15)16(19)12-13-8-4-7-11-17(13)20/h4-11,16H,12H2,1-3H3. The summed E-state index contributed by atoms with van der Waals surface area (Å²) in [6, 6.07) is 15.4. The van der Waals surface area contributed by atoms with Crippen molar-refractivity contribution >= 4 is 15.9 Å². The third kappa shape index (κ3) is 3.49. The summed E-state index contributed by atoms with van der Waals surface area (Å²) >= 11 is 3.73. The van der Waals surface area contributed by atoms with Crippen LogP contribution in [0.2, 0.25) is 0 Å². The fourth-order valence-corrected chi connectivity index (χ4v) is 3.17. The van der Waals surface area contributed by atoms with Crippen molar-refractivity contribution in [2.24, 2.45) is 0 Å². The van der Waals surface area contributed by atoms with E-state index in [2.05, 4.69) is 54.9 Å². The van der Waals surface area contributed by atoms with Gasteiger partial charge in [0.25, 0.3) is 0 Å². The Labute approximate surface area is 129 Å². The second kappa shape index (κ2) is 6.09. The molecule has 2 aromatic rings. The quantitative estimate of drug-likeness (QED) is 0.622. The highest BCUT2D eigenvalue weighted by molar-refractivity contribution is 9.09. The Morgan fingerprint density at radius 1 is 1.00 bits per heavy atom. The van der Waals surface area contributed by atoms with E-state index in [4.69, 9.17) is 0 Å². The van der Waals surface area contributed by atoms with Crippen LogP contribution in [0.3, 0.4) is 0 Å². The molecule has 0 aliphatic heterocycles. The van der Waals surface area contributed by atoms with E-state index in [9.17, 15) is 4.39 Å². The highest BCUT2D eigenvalue weighted by atomic mass is 79.9. The summed E-state index contributed by atoms with van der Waals surface area (Å²) in [5.41, 5.74) is 3.37. The third-order valence-corrected chi connectivity index (χ3v) is 4.28. The van der Waals surface area contributed by atoms with Gasteiger partial charge in [-0.15, -0.1) is 0 Å². The van der Waals surface area contributed by atoms with Crippen molar-refractivity contribution in [2.75, 3.05) is 0 Å². The second-order valence-corrected chi connectivity index (χ2v) is 7.21. The maximum atomic E-state index is 13.8. The van der Waals surface area contributed by atoms with E-state index < -0.39 is 0 Å². The Hall–Kier alpha value is -1.15. The summed E-state index contributed by atoms with van der Waals surface area (Å²) in [7, 11) is 0. The van der Waals surface area contributed by atoms with Gasteiger partial charge in [-0.25, -0.2) is 4.39 Å². The van der Waals surface area contributed by atoms with Gasteiger partial charge in [0.1, 0.15) is 5.82 Å². The molecule has 0 saturated heterocycles. The zero-order chi connectivity index (χ0) is 14.8. The molecule has 0 amide bonds. The van der Waals surface area contributed by atoms with Crippen LogP contribution in [-0.2, 0) is 11.8 Å². The van der Waals surface area contributed by atoms with Crippen LogP contribution in [0.1, 0.15) is 42.3 Å². The third-order valence-electron chi connectivity index (χ3n) is 3.46. The van der Waals surface area contributed by atoms with Gasteiger partial charge in [0.2, 0.25) is 0 Å². The zero-order valence-electron chi connectivity index (χ0n) is 12.2. The van der Waals surface area contributed by atoms with Crippen LogP contribution in [0.25, 0.3) is 0 Å². The van der Waals surface area contributed by atoms with Crippen LogP contribution < -0.4 is 0 Å². The predicted octanol–water partition coefficient (Wildman–Crippen LogP) is 5.80. The number of hydrogen-bond donors (Lipinski definition) is 0. The smallest absolute Gasteiger partial charge is 0.126 e. The summed E-state index contributed by atoms with van der Waals surface area (Å²) in [5, 5.41) is 0. The monoisotopic (exact) mass is 334 g/mol. The molecule has 20 heavy (non-hydrogen) atoms. The van der Waals surface area contributed by atoms with Crippen LogP contribution in [0.15, 0.2) is 48.5 Å². The fourth-order valence-electron chi connectivity index (χ4n) is 2.42. The fraction of sp³-hybridized carbons (Fsp3) is 0.333. The lowest BCUT2D eigenvalue weighted by Gasteiger charge is -2.25. The van der Waals surface area contributed by atoms with Gasteiger partial charge >= 0.3 is 0 Å². The zero-order valence-corrected chi connectivity index (χ0v) is 13.7. The molecule has 0 saturated carbocycles. The van der Waals surface area contributed by atoms with Crippen molar-refractivity contribution < 1.29 is 4.39 Å². The molecule has 0 aromatic heterocycles. The maximum absolute atomic E-state index is 13.8. The predicted molar refractivity (Wildman–Crippen MR) is 86.9 cm³/mol. The summed E-state index contributed by atoms with van der Waals surface area (Å²) < 4.78 is 13.8. The number of benzene rings is 2. The number of alkyl halides is 1. The minimum absolute atomic E-state index is 0.0812. The van der Waals surface area contributed by atoms with E-state index in [1.54, 1.807) is 6.07 Å². The molecule has 0 nitrogen and oxygen atoms in total. The lowest BCUT2D eigenvalue weighted by atomic mass is 9.82. The van der Waals surface area contributed by atoms with Crippen LogP contribution in [0.4, 0.5) is 4.39 Å². The molecule has 0 heterocycles. The molecule has 2 rings (SSSR count). The van der Waals surface area contributed by atoms with Crippen LogP contribution in [0, 0.1) is 5.82 Å². The van der Waals surface area contributed by atoms with Gasteiger partial charge in [-0.1, -0.05) is 79.2 Å². The molecule has 2 aromatic carbocycles. The van der Waals surface area contributed by atoms with Crippen molar-refractivity contribution in [3.8, 4) is 0 Å². The molecule has 0 bridgehead atoms. The van der Waals surface area contributed by atoms with Gasteiger partial charge < -0.3 is 0 Å². The lowest BCUT2D eigenvalue weighted by molar-refractivity contribution is 0.579. The first-order valence-electron chi connectivity index (χ1n) is 6.86. The van der Waals surface area contributed by atoms with Crippen molar-refractivity contribution in [3.05, 3.63) is 71.0 Å². The van der Waals surface area contributed by atoms with E-state index in [0.29, 0.717) is 6.42 Å². The van der Waals surface area contributed by atoms with Crippen molar-refractivity contribution in [3.63, 3.8) is 0 Å². The van der Waals surface area contributed by atoms with E-state index in [0.717, 1.165) is 5.56 Å². The molecular weight excluding hydrogens is 315 g/mol. The largest absolute Gasteiger partial charge is 0.207 e. The highest BCUT2D eigenvalue weighted by Gasteiger charge is 2.21. The molecule has 0 spiro atoms. The van der Waals surface area contributed by atoms with Gasteiger partial charge in [0, 0.05) is 4.83 Å². The first kappa shape index (κ1) is 15.2. The van der Waals surface area contributed by atoms with Crippen LogP contribution >= 0.6 is 15.9 Å². The van der Waals surface area contributed by atoms with Gasteiger partial charge in [0.15, 0.2) is 0 Å². The lowest BCUT2D eigenvalue weighted by Crippen LogP contribution is -2.15. The Bertz CT molecular complexity index is 584. The van der Waals surface area contributed by atoms with E-state index in [-0.39, 0.29) is 16.1 Å². The van der Waals surface area contributed by atoms with E-state index in [1.807, 2.05) is 18.2 Å². The Kier molecular flexibility index (Phi) is 4.64.